The van der Waals surface area contributed by atoms with E-state index in [1.54, 1.807) is 30.3 Å². The number of carboxylic acid groups (broad SMARTS) is 1. The van der Waals surface area contributed by atoms with E-state index in [0.29, 0.717) is 5.56 Å². The number of nitrogens with zero attached hydrogens (tertiary/aromatic N) is 1. The van der Waals surface area contributed by atoms with Crippen LogP contribution in [-0.4, -0.2) is 55.4 Å². The minimum absolute atomic E-state index is 0.226. The molecule has 0 aliphatic heterocycles. The molecule has 2 rings (SSSR count). The first-order chi connectivity index (χ1) is 13.7. The van der Waals surface area contributed by atoms with Crippen molar-refractivity contribution in [1.29, 1.82) is 0 Å². The Bertz CT molecular complexity index is 1010. The molecule has 0 aromatic heterocycles. The topological polar surface area (TPSA) is 144 Å². The van der Waals surface area contributed by atoms with E-state index < -0.39 is 45.4 Å². The largest absolute Gasteiger partial charge is 0.480 e. The van der Waals surface area contributed by atoms with Crippen molar-refractivity contribution < 1.29 is 32.6 Å². The molecule has 0 saturated carbocycles. The number of carboxylic acids is 1. The van der Waals surface area contributed by atoms with Gasteiger partial charge >= 0.3 is 11.9 Å². The summed E-state index contributed by atoms with van der Waals surface area (Å²) in [4.78, 5) is 35.8. The summed E-state index contributed by atoms with van der Waals surface area (Å²) in [6, 6.07) is 11.5. The van der Waals surface area contributed by atoms with Gasteiger partial charge in [0.1, 0.15) is 10.9 Å². The number of esters is 1. The predicted molar refractivity (Wildman–Crippen MR) is 102 cm³/mol. The lowest BCUT2D eigenvalue weighted by Gasteiger charge is -2.28. The molecule has 0 bridgehead atoms. The summed E-state index contributed by atoms with van der Waals surface area (Å²) in [6.07, 6.45) is -0.276. The zero-order chi connectivity index (χ0) is 21.6. The molecule has 2 aromatic rings. The van der Waals surface area contributed by atoms with E-state index in [9.17, 15) is 27.9 Å². The van der Waals surface area contributed by atoms with E-state index in [2.05, 4.69) is 4.74 Å². The second-order valence-corrected chi connectivity index (χ2v) is 7.71. The minimum Gasteiger partial charge on any atom is -0.480 e. The van der Waals surface area contributed by atoms with Crippen molar-refractivity contribution in [2.24, 2.45) is 5.73 Å². The number of carbonyl (C=O) groups is 3. The smallest absolute Gasteiger partial charge is 0.339 e. The van der Waals surface area contributed by atoms with Crippen molar-refractivity contribution in [3.63, 3.8) is 0 Å². The second kappa shape index (κ2) is 9.30. The van der Waals surface area contributed by atoms with Crippen LogP contribution in [0.4, 0.5) is 0 Å². The van der Waals surface area contributed by atoms with Crippen molar-refractivity contribution >= 4 is 27.9 Å². The molecule has 10 heteroatoms. The average Bonchev–Trinajstić information content (AvgIpc) is 2.72. The van der Waals surface area contributed by atoms with Crippen LogP contribution in [0.2, 0.25) is 0 Å². The molecule has 1 amide bonds. The molecule has 2 aromatic carbocycles. The highest BCUT2D eigenvalue weighted by Crippen LogP contribution is 2.24. The molecule has 0 aliphatic rings. The zero-order valence-electron chi connectivity index (χ0n) is 15.5. The average molecular weight is 420 g/mol. The summed E-state index contributed by atoms with van der Waals surface area (Å²) in [6.45, 7) is -0.738. The number of benzene rings is 2. The molecule has 0 aliphatic carbocycles. The number of amides is 1. The van der Waals surface area contributed by atoms with Crippen LogP contribution in [0.1, 0.15) is 15.9 Å². The third-order valence-corrected chi connectivity index (χ3v) is 5.98. The van der Waals surface area contributed by atoms with Crippen LogP contribution in [0.5, 0.6) is 0 Å². The van der Waals surface area contributed by atoms with Gasteiger partial charge in [-0.25, -0.2) is 22.3 Å². The van der Waals surface area contributed by atoms with Crippen LogP contribution in [0.25, 0.3) is 0 Å². The highest BCUT2D eigenvalue weighted by atomic mass is 32.2. The maximum Gasteiger partial charge on any atom is 0.339 e. The summed E-state index contributed by atoms with van der Waals surface area (Å²) < 4.78 is 31.4. The number of methoxy groups -OCH3 is 1. The second-order valence-electron chi connectivity index (χ2n) is 5.93. The molecule has 0 radical (unpaired) electrons. The highest BCUT2D eigenvalue weighted by molar-refractivity contribution is 7.89. The summed E-state index contributed by atoms with van der Waals surface area (Å²) in [5.74, 6) is -3.60. The van der Waals surface area contributed by atoms with Gasteiger partial charge in [0.25, 0.3) is 15.9 Å². The molecule has 9 nitrogen and oxygen atoms in total. The predicted octanol–water partition coefficient (Wildman–Crippen LogP) is 0.645. The number of rotatable bonds is 8. The lowest BCUT2D eigenvalue weighted by atomic mass is 10.1. The molecule has 0 saturated heterocycles. The van der Waals surface area contributed by atoms with E-state index in [-0.39, 0.29) is 16.3 Å². The number of carbonyl (C=O) groups excluding carboxylic acids is 2. The van der Waals surface area contributed by atoms with Crippen molar-refractivity contribution in [1.82, 2.24) is 4.31 Å². The molecule has 0 heterocycles. The van der Waals surface area contributed by atoms with Gasteiger partial charge in [-0.1, -0.05) is 42.5 Å². The number of aliphatic carboxylic acids is 1. The molecule has 154 valence electrons. The molecular weight excluding hydrogens is 400 g/mol. The van der Waals surface area contributed by atoms with Gasteiger partial charge in [0.2, 0.25) is 0 Å². The van der Waals surface area contributed by atoms with Crippen LogP contribution in [-0.2, 0) is 30.8 Å². The summed E-state index contributed by atoms with van der Waals surface area (Å²) >= 11 is 0. The minimum atomic E-state index is -4.74. The molecule has 29 heavy (non-hydrogen) atoms. The fourth-order valence-electron chi connectivity index (χ4n) is 2.75. The Balaban J connectivity index is 2.63. The van der Waals surface area contributed by atoms with Crippen molar-refractivity contribution in [2.45, 2.75) is 17.4 Å². The van der Waals surface area contributed by atoms with Crippen molar-refractivity contribution in [2.75, 3.05) is 13.7 Å². The standard InChI is InChI=1S/C19H20N2O7S/c1-28-19(25)14-9-5-6-10-16(14)29(26,27)21(17(22)12-20)15(18(23)24)11-13-7-3-2-4-8-13/h2-10,15H,11-12,20H2,1H3,(H,23,24)/t15-/m0/s1. The van der Waals surface area contributed by atoms with E-state index in [1.165, 1.54) is 18.2 Å². The summed E-state index contributed by atoms with van der Waals surface area (Å²) in [5, 5.41) is 9.69. The number of hydrogen-bond donors (Lipinski definition) is 2. The Morgan fingerprint density at radius 1 is 1.07 bits per heavy atom. The van der Waals surface area contributed by atoms with Crippen LogP contribution in [0, 0.1) is 0 Å². The summed E-state index contributed by atoms with van der Waals surface area (Å²) in [7, 11) is -3.67. The molecule has 0 spiro atoms. The van der Waals surface area contributed by atoms with Gasteiger partial charge in [0, 0.05) is 6.42 Å². The zero-order valence-corrected chi connectivity index (χ0v) is 16.3. The van der Waals surface area contributed by atoms with E-state index in [4.69, 9.17) is 5.73 Å². The Hall–Kier alpha value is -3.24. The van der Waals surface area contributed by atoms with E-state index >= 15 is 0 Å². The van der Waals surface area contributed by atoms with Gasteiger partial charge < -0.3 is 15.6 Å². The first kappa shape index (κ1) is 22.1. The molecule has 0 unspecified atom stereocenters. The van der Waals surface area contributed by atoms with Crippen molar-refractivity contribution in [3.05, 3.63) is 65.7 Å². The van der Waals surface area contributed by atoms with Gasteiger partial charge in [-0.15, -0.1) is 0 Å². The fourth-order valence-corrected chi connectivity index (χ4v) is 4.48. The quantitative estimate of drug-likeness (QED) is 0.592. The van der Waals surface area contributed by atoms with E-state index in [1.807, 2.05) is 0 Å². The van der Waals surface area contributed by atoms with Gasteiger partial charge in [0.05, 0.1) is 19.2 Å². The molecular formula is C19H20N2O7S. The summed E-state index contributed by atoms with van der Waals surface area (Å²) in [5.41, 5.74) is 5.54. The lowest BCUT2D eigenvalue weighted by molar-refractivity contribution is -0.145. The number of ether oxygens (including phenoxy) is 1. The number of sulfonamides is 1. The van der Waals surface area contributed by atoms with Crippen LogP contribution < -0.4 is 5.73 Å². The highest BCUT2D eigenvalue weighted by Gasteiger charge is 2.40. The van der Waals surface area contributed by atoms with Crippen LogP contribution >= 0.6 is 0 Å². The number of hydrogen-bond acceptors (Lipinski definition) is 7. The molecule has 1 atom stereocenters. The Morgan fingerprint density at radius 2 is 1.66 bits per heavy atom. The van der Waals surface area contributed by atoms with Gasteiger partial charge in [-0.05, 0) is 17.7 Å². The maximum atomic E-state index is 13.3. The Labute approximate surface area is 167 Å². The Kier molecular flexibility index (Phi) is 7.08. The van der Waals surface area contributed by atoms with Gasteiger partial charge in [0.15, 0.2) is 0 Å². The third kappa shape index (κ3) is 4.79. The van der Waals surface area contributed by atoms with Gasteiger partial charge in [-0.3, -0.25) is 4.79 Å². The first-order valence-corrected chi connectivity index (χ1v) is 9.89. The Morgan fingerprint density at radius 3 is 2.21 bits per heavy atom. The molecule has 0 fully saturated rings. The molecule has 3 N–H and O–H groups in total. The SMILES string of the molecule is COC(=O)c1ccccc1S(=O)(=O)N(C(=O)CN)[C@@H](Cc1ccccc1)C(=O)O. The fraction of sp³-hybridized carbons (Fsp3) is 0.211. The number of nitrogens with two attached hydrogens (primary N) is 1. The van der Waals surface area contributed by atoms with Crippen LogP contribution in [0.15, 0.2) is 59.5 Å². The van der Waals surface area contributed by atoms with Gasteiger partial charge in [-0.2, -0.15) is 0 Å². The first-order valence-electron chi connectivity index (χ1n) is 8.45. The van der Waals surface area contributed by atoms with E-state index in [0.717, 1.165) is 13.2 Å². The third-order valence-electron chi connectivity index (χ3n) is 4.09. The normalized spacial score (nSPS) is 12.1. The maximum absolute atomic E-state index is 13.3. The monoisotopic (exact) mass is 420 g/mol. The van der Waals surface area contributed by atoms with Crippen LogP contribution in [0.3, 0.4) is 0 Å². The lowest BCUT2D eigenvalue weighted by Crippen LogP contribution is -2.51. The van der Waals surface area contributed by atoms with Crippen molar-refractivity contribution in [3.8, 4) is 0 Å².